The van der Waals surface area contributed by atoms with Crippen molar-refractivity contribution in [3.05, 3.63) is 52.9 Å². The third kappa shape index (κ3) is 2.78. The lowest BCUT2D eigenvalue weighted by atomic mass is 10.2. The number of nitrogens with zero attached hydrogens (tertiary/aromatic N) is 3. The second-order valence-electron chi connectivity index (χ2n) is 4.02. The van der Waals surface area contributed by atoms with Gasteiger partial charge in [0.05, 0.1) is 5.02 Å². The van der Waals surface area contributed by atoms with Crippen molar-refractivity contribution < 1.29 is 0 Å². The van der Waals surface area contributed by atoms with Crippen LogP contribution in [0.15, 0.2) is 36.8 Å². The molecule has 0 aromatic carbocycles. The molecule has 0 aliphatic carbocycles. The van der Waals surface area contributed by atoms with Gasteiger partial charge in [-0.2, -0.15) is 0 Å². The number of halogens is 1. The highest BCUT2D eigenvalue weighted by Crippen LogP contribution is 2.26. The van der Waals surface area contributed by atoms with Crippen molar-refractivity contribution >= 4 is 17.4 Å². The van der Waals surface area contributed by atoms with Gasteiger partial charge in [0.2, 0.25) is 0 Å². The van der Waals surface area contributed by atoms with Crippen LogP contribution >= 0.6 is 11.6 Å². The van der Waals surface area contributed by atoms with Crippen LogP contribution in [0.4, 0.5) is 5.82 Å². The fourth-order valence-electron chi connectivity index (χ4n) is 1.73. The molecule has 0 atom stereocenters. The van der Waals surface area contributed by atoms with E-state index in [1.807, 2.05) is 30.1 Å². The van der Waals surface area contributed by atoms with Crippen LogP contribution in [-0.4, -0.2) is 17.0 Å². The average molecular weight is 263 g/mol. The van der Waals surface area contributed by atoms with Gasteiger partial charge in [-0.15, -0.1) is 0 Å². The zero-order chi connectivity index (χ0) is 13.0. The smallest absolute Gasteiger partial charge is 0.147 e. The molecule has 0 bridgehead atoms. The molecule has 2 rings (SSSR count). The summed E-state index contributed by atoms with van der Waals surface area (Å²) >= 11 is 6.27. The highest BCUT2D eigenvalue weighted by Gasteiger charge is 2.11. The Balaban J connectivity index is 2.21. The maximum Gasteiger partial charge on any atom is 0.147 e. The predicted molar refractivity (Wildman–Crippen MR) is 73.5 cm³/mol. The SMILES string of the molecule is CN(Cc1ccncc1)c1nccc(CN)c1Cl. The van der Waals surface area contributed by atoms with E-state index in [0.29, 0.717) is 11.6 Å². The van der Waals surface area contributed by atoms with Gasteiger partial charge in [0, 0.05) is 38.7 Å². The van der Waals surface area contributed by atoms with E-state index in [4.69, 9.17) is 17.3 Å². The van der Waals surface area contributed by atoms with Crippen molar-refractivity contribution in [3.63, 3.8) is 0 Å². The number of aromatic nitrogens is 2. The Morgan fingerprint density at radius 2 is 1.94 bits per heavy atom. The summed E-state index contributed by atoms with van der Waals surface area (Å²) in [5.74, 6) is 0.747. The third-order valence-electron chi connectivity index (χ3n) is 2.70. The van der Waals surface area contributed by atoms with E-state index in [9.17, 15) is 0 Å². The molecule has 4 nitrogen and oxygen atoms in total. The molecule has 5 heteroatoms. The zero-order valence-electron chi connectivity index (χ0n) is 10.2. The van der Waals surface area contributed by atoms with Crippen molar-refractivity contribution in [2.45, 2.75) is 13.1 Å². The molecule has 2 N–H and O–H groups in total. The van der Waals surface area contributed by atoms with Crippen molar-refractivity contribution in [1.82, 2.24) is 9.97 Å². The van der Waals surface area contributed by atoms with E-state index in [2.05, 4.69) is 9.97 Å². The molecule has 0 saturated heterocycles. The number of anilines is 1. The molecule has 2 heterocycles. The topological polar surface area (TPSA) is 55.0 Å². The summed E-state index contributed by atoms with van der Waals surface area (Å²) < 4.78 is 0. The largest absolute Gasteiger partial charge is 0.354 e. The number of pyridine rings is 2. The van der Waals surface area contributed by atoms with Gasteiger partial charge >= 0.3 is 0 Å². The molecular formula is C13H15ClN4. The summed E-state index contributed by atoms with van der Waals surface area (Å²) in [6.45, 7) is 1.14. The Bertz CT molecular complexity index is 516. The summed E-state index contributed by atoms with van der Waals surface area (Å²) in [5.41, 5.74) is 7.70. The zero-order valence-corrected chi connectivity index (χ0v) is 10.9. The van der Waals surface area contributed by atoms with Gasteiger partial charge in [-0.25, -0.2) is 4.98 Å². The third-order valence-corrected chi connectivity index (χ3v) is 3.11. The van der Waals surface area contributed by atoms with Crippen molar-refractivity contribution in [3.8, 4) is 0 Å². The highest BCUT2D eigenvalue weighted by molar-refractivity contribution is 6.33. The average Bonchev–Trinajstić information content (AvgIpc) is 2.40. The standard InChI is InChI=1S/C13H15ClN4/c1-18(9-10-2-5-16-6-3-10)13-12(14)11(8-15)4-7-17-13/h2-7H,8-9,15H2,1H3. The number of nitrogens with two attached hydrogens (primary N) is 1. The molecule has 0 aliphatic rings. The summed E-state index contributed by atoms with van der Waals surface area (Å²) in [6.07, 6.45) is 5.27. The molecule has 2 aromatic heterocycles. The van der Waals surface area contributed by atoms with Crippen LogP contribution in [-0.2, 0) is 13.1 Å². The summed E-state index contributed by atoms with van der Waals surface area (Å²) in [5, 5.41) is 0.622. The van der Waals surface area contributed by atoms with Crippen molar-refractivity contribution in [1.29, 1.82) is 0 Å². The van der Waals surface area contributed by atoms with Gasteiger partial charge < -0.3 is 10.6 Å². The fourth-order valence-corrected chi connectivity index (χ4v) is 2.07. The molecular weight excluding hydrogens is 248 g/mol. The predicted octanol–water partition coefficient (Wildman–Crippen LogP) is 2.23. The molecule has 0 unspecified atom stereocenters. The first kappa shape index (κ1) is 12.8. The second-order valence-corrected chi connectivity index (χ2v) is 4.40. The summed E-state index contributed by atoms with van der Waals surface area (Å²) in [6, 6.07) is 5.78. The number of hydrogen-bond acceptors (Lipinski definition) is 4. The lowest BCUT2D eigenvalue weighted by molar-refractivity contribution is 0.890. The minimum Gasteiger partial charge on any atom is -0.354 e. The van der Waals surface area contributed by atoms with Crippen molar-refractivity contribution in [2.24, 2.45) is 5.73 Å². The second kappa shape index (κ2) is 5.80. The van der Waals surface area contributed by atoms with Crippen LogP contribution in [0.2, 0.25) is 5.02 Å². The minimum atomic E-state index is 0.414. The first-order valence-corrected chi connectivity index (χ1v) is 6.03. The Morgan fingerprint density at radius 3 is 2.61 bits per heavy atom. The molecule has 0 aliphatic heterocycles. The first-order chi connectivity index (χ1) is 8.72. The number of hydrogen-bond donors (Lipinski definition) is 1. The fraction of sp³-hybridized carbons (Fsp3) is 0.231. The molecule has 0 spiro atoms. The Kier molecular flexibility index (Phi) is 4.12. The first-order valence-electron chi connectivity index (χ1n) is 5.66. The van der Waals surface area contributed by atoms with E-state index in [-0.39, 0.29) is 0 Å². The van der Waals surface area contributed by atoms with Crippen LogP contribution in [0.3, 0.4) is 0 Å². The van der Waals surface area contributed by atoms with E-state index in [1.165, 1.54) is 0 Å². The molecule has 0 amide bonds. The molecule has 18 heavy (non-hydrogen) atoms. The van der Waals surface area contributed by atoms with Gasteiger partial charge in [-0.05, 0) is 29.3 Å². The molecule has 94 valence electrons. The molecule has 2 aromatic rings. The van der Waals surface area contributed by atoms with Gasteiger partial charge in [0.1, 0.15) is 5.82 Å². The lowest BCUT2D eigenvalue weighted by Crippen LogP contribution is -2.18. The van der Waals surface area contributed by atoms with Gasteiger partial charge in [-0.1, -0.05) is 11.6 Å². The van der Waals surface area contributed by atoms with E-state index >= 15 is 0 Å². The normalized spacial score (nSPS) is 10.4. The minimum absolute atomic E-state index is 0.414. The van der Waals surface area contributed by atoms with Crippen LogP contribution in [0, 0.1) is 0 Å². The molecule has 0 radical (unpaired) electrons. The molecule has 0 fully saturated rings. The van der Waals surface area contributed by atoms with Gasteiger partial charge in [0.15, 0.2) is 0 Å². The van der Waals surface area contributed by atoms with Gasteiger partial charge in [-0.3, -0.25) is 4.98 Å². The Labute approximate surface area is 111 Å². The van der Waals surface area contributed by atoms with E-state index in [0.717, 1.165) is 23.5 Å². The highest BCUT2D eigenvalue weighted by atomic mass is 35.5. The van der Waals surface area contributed by atoms with E-state index < -0.39 is 0 Å². The van der Waals surface area contributed by atoms with Crippen molar-refractivity contribution in [2.75, 3.05) is 11.9 Å². The maximum atomic E-state index is 6.27. The van der Waals surface area contributed by atoms with Gasteiger partial charge in [0.25, 0.3) is 0 Å². The monoisotopic (exact) mass is 262 g/mol. The van der Waals surface area contributed by atoms with Crippen LogP contribution in [0.5, 0.6) is 0 Å². The number of rotatable bonds is 4. The Hall–Kier alpha value is -1.65. The van der Waals surface area contributed by atoms with Crippen LogP contribution < -0.4 is 10.6 Å². The molecule has 0 saturated carbocycles. The van der Waals surface area contributed by atoms with Crippen LogP contribution in [0.25, 0.3) is 0 Å². The summed E-state index contributed by atoms with van der Waals surface area (Å²) in [7, 11) is 1.95. The van der Waals surface area contributed by atoms with Crippen LogP contribution in [0.1, 0.15) is 11.1 Å². The lowest BCUT2D eigenvalue weighted by Gasteiger charge is -2.20. The maximum absolute atomic E-state index is 6.27. The quantitative estimate of drug-likeness (QED) is 0.918. The van der Waals surface area contributed by atoms with E-state index in [1.54, 1.807) is 18.6 Å². The summed E-state index contributed by atoms with van der Waals surface area (Å²) in [4.78, 5) is 10.3. The Morgan fingerprint density at radius 1 is 1.22 bits per heavy atom.